The first kappa shape index (κ1) is 20.9. The molecule has 0 radical (unpaired) electrons. The Kier molecular flexibility index (Phi) is 8.30. The molecule has 0 bridgehead atoms. The van der Waals surface area contributed by atoms with Crippen molar-refractivity contribution in [2.45, 2.75) is 18.9 Å². The second-order valence-electron chi connectivity index (χ2n) is 6.56. The number of nitrogens with zero attached hydrogens (tertiary/aromatic N) is 1. The number of hydrogen-bond acceptors (Lipinski definition) is 3. The first-order valence-corrected chi connectivity index (χ1v) is 9.37. The minimum absolute atomic E-state index is 0.0153. The molecular weight excluding hydrogens is 362 g/mol. The lowest BCUT2D eigenvalue weighted by Gasteiger charge is -2.25. The molecule has 1 unspecified atom stereocenters. The number of rotatable bonds is 9. The predicted molar refractivity (Wildman–Crippen MR) is 109 cm³/mol. The van der Waals surface area contributed by atoms with Crippen molar-refractivity contribution in [3.05, 3.63) is 70.7 Å². The normalized spacial score (nSPS) is 11.9. The van der Waals surface area contributed by atoms with Gasteiger partial charge in [0.15, 0.2) is 0 Å². The van der Waals surface area contributed by atoms with E-state index in [0.717, 1.165) is 5.56 Å². The smallest absolute Gasteiger partial charge is 0.251 e. The van der Waals surface area contributed by atoms with Crippen LogP contribution in [0.2, 0.25) is 5.02 Å². The van der Waals surface area contributed by atoms with Crippen LogP contribution in [0.4, 0.5) is 0 Å². The highest BCUT2D eigenvalue weighted by molar-refractivity contribution is 6.30. The topological polar surface area (TPSA) is 61.4 Å². The first-order chi connectivity index (χ1) is 13.0. The lowest BCUT2D eigenvalue weighted by molar-refractivity contribution is -0.121. The van der Waals surface area contributed by atoms with Crippen molar-refractivity contribution in [3.63, 3.8) is 0 Å². The van der Waals surface area contributed by atoms with Crippen molar-refractivity contribution >= 4 is 23.4 Å². The van der Waals surface area contributed by atoms with Crippen molar-refractivity contribution < 1.29 is 9.59 Å². The number of nitrogens with one attached hydrogen (secondary N) is 2. The number of amides is 2. The third-order valence-electron chi connectivity index (χ3n) is 4.27. The van der Waals surface area contributed by atoms with Gasteiger partial charge in [-0.2, -0.15) is 0 Å². The summed E-state index contributed by atoms with van der Waals surface area (Å²) < 4.78 is 0. The Bertz CT molecular complexity index is 733. The van der Waals surface area contributed by atoms with Gasteiger partial charge in [-0.15, -0.1) is 0 Å². The fourth-order valence-corrected chi connectivity index (χ4v) is 2.85. The van der Waals surface area contributed by atoms with E-state index >= 15 is 0 Å². The molecule has 0 aliphatic rings. The number of carbonyl (C=O) groups is 2. The highest BCUT2D eigenvalue weighted by atomic mass is 35.5. The van der Waals surface area contributed by atoms with Crippen LogP contribution in [-0.4, -0.2) is 43.9 Å². The van der Waals surface area contributed by atoms with Gasteiger partial charge in [-0.3, -0.25) is 9.59 Å². The molecule has 0 aliphatic heterocycles. The molecule has 0 aliphatic carbocycles. The van der Waals surface area contributed by atoms with Crippen LogP contribution in [0.1, 0.15) is 34.8 Å². The summed E-state index contributed by atoms with van der Waals surface area (Å²) in [5.74, 6) is -0.178. The number of carbonyl (C=O) groups excluding carboxylic acids is 2. The Morgan fingerprint density at radius 1 is 1.00 bits per heavy atom. The second kappa shape index (κ2) is 10.7. The highest BCUT2D eigenvalue weighted by Gasteiger charge is 2.14. The van der Waals surface area contributed by atoms with Gasteiger partial charge >= 0.3 is 0 Å². The highest BCUT2D eigenvalue weighted by Crippen LogP contribution is 2.16. The molecule has 2 aromatic carbocycles. The van der Waals surface area contributed by atoms with Gasteiger partial charge < -0.3 is 15.5 Å². The quantitative estimate of drug-likeness (QED) is 0.649. The van der Waals surface area contributed by atoms with E-state index in [2.05, 4.69) is 27.7 Å². The SMILES string of the molecule is CN(C)C(CNC(=O)CCCNC(=O)c1ccc(Cl)cc1)c1ccccc1. The zero-order valence-electron chi connectivity index (χ0n) is 15.7. The van der Waals surface area contributed by atoms with Crippen LogP contribution in [0.3, 0.4) is 0 Å². The van der Waals surface area contributed by atoms with Gasteiger partial charge in [0.2, 0.25) is 5.91 Å². The van der Waals surface area contributed by atoms with Gasteiger partial charge in [0.25, 0.3) is 5.91 Å². The molecule has 2 rings (SSSR count). The maximum atomic E-state index is 12.1. The van der Waals surface area contributed by atoms with E-state index in [1.165, 1.54) is 0 Å². The van der Waals surface area contributed by atoms with E-state index in [-0.39, 0.29) is 17.9 Å². The molecule has 0 saturated heterocycles. The summed E-state index contributed by atoms with van der Waals surface area (Å²) in [7, 11) is 3.99. The molecule has 0 spiro atoms. The Morgan fingerprint density at radius 3 is 2.30 bits per heavy atom. The summed E-state index contributed by atoms with van der Waals surface area (Å²) in [5, 5.41) is 6.39. The van der Waals surface area contributed by atoms with Crippen LogP contribution in [-0.2, 0) is 4.79 Å². The lowest BCUT2D eigenvalue weighted by Crippen LogP contribution is -2.35. The Morgan fingerprint density at radius 2 is 1.67 bits per heavy atom. The van der Waals surface area contributed by atoms with Crippen LogP contribution in [0, 0.1) is 0 Å². The fourth-order valence-electron chi connectivity index (χ4n) is 2.73. The van der Waals surface area contributed by atoms with Crippen molar-refractivity contribution in [3.8, 4) is 0 Å². The number of likely N-dealkylation sites (N-methyl/N-ethyl adjacent to an activating group) is 1. The standard InChI is InChI=1S/C21H26ClN3O2/c1-25(2)19(16-7-4-3-5-8-16)15-24-20(26)9-6-14-23-21(27)17-10-12-18(22)13-11-17/h3-5,7-8,10-13,19H,6,9,14-15H2,1-2H3,(H,23,27)(H,24,26). The maximum absolute atomic E-state index is 12.1. The Labute approximate surface area is 165 Å². The number of benzene rings is 2. The zero-order chi connectivity index (χ0) is 19.6. The second-order valence-corrected chi connectivity index (χ2v) is 7.00. The summed E-state index contributed by atoms with van der Waals surface area (Å²) in [6.45, 7) is 0.998. The molecule has 6 heteroatoms. The molecule has 0 heterocycles. The van der Waals surface area contributed by atoms with Crippen molar-refractivity contribution in [1.82, 2.24) is 15.5 Å². The van der Waals surface area contributed by atoms with Gasteiger partial charge in [0.05, 0.1) is 6.04 Å². The van der Waals surface area contributed by atoms with Crippen molar-refractivity contribution in [2.75, 3.05) is 27.2 Å². The van der Waals surface area contributed by atoms with Crippen LogP contribution in [0.25, 0.3) is 0 Å². The Hall–Kier alpha value is -2.37. The molecular formula is C21H26ClN3O2. The molecule has 2 N–H and O–H groups in total. The summed E-state index contributed by atoms with van der Waals surface area (Å²) in [6.07, 6.45) is 0.957. The maximum Gasteiger partial charge on any atom is 0.251 e. The van der Waals surface area contributed by atoms with E-state index in [4.69, 9.17) is 11.6 Å². The molecule has 2 aromatic rings. The van der Waals surface area contributed by atoms with Crippen LogP contribution in [0.5, 0.6) is 0 Å². The van der Waals surface area contributed by atoms with Gasteiger partial charge in [0.1, 0.15) is 0 Å². The number of halogens is 1. The molecule has 2 amide bonds. The van der Waals surface area contributed by atoms with E-state index in [9.17, 15) is 9.59 Å². The molecule has 0 fully saturated rings. The lowest BCUT2D eigenvalue weighted by atomic mass is 10.1. The monoisotopic (exact) mass is 387 g/mol. The summed E-state index contributed by atoms with van der Waals surface area (Å²) in [6, 6.07) is 16.9. The average Bonchev–Trinajstić information content (AvgIpc) is 2.66. The van der Waals surface area contributed by atoms with Gasteiger partial charge in [-0.05, 0) is 50.3 Å². The zero-order valence-corrected chi connectivity index (χ0v) is 16.5. The molecule has 1 atom stereocenters. The first-order valence-electron chi connectivity index (χ1n) is 8.99. The molecule has 5 nitrogen and oxygen atoms in total. The van der Waals surface area contributed by atoms with Gasteiger partial charge in [-0.1, -0.05) is 41.9 Å². The van der Waals surface area contributed by atoms with E-state index in [0.29, 0.717) is 36.5 Å². The van der Waals surface area contributed by atoms with Gasteiger partial charge in [0, 0.05) is 30.1 Å². The van der Waals surface area contributed by atoms with Crippen LogP contribution in [0.15, 0.2) is 54.6 Å². The van der Waals surface area contributed by atoms with E-state index < -0.39 is 0 Å². The number of hydrogen-bond donors (Lipinski definition) is 2. The van der Waals surface area contributed by atoms with Gasteiger partial charge in [-0.25, -0.2) is 0 Å². The molecule has 0 saturated carbocycles. The van der Waals surface area contributed by atoms with Crippen molar-refractivity contribution in [1.29, 1.82) is 0 Å². The molecule has 0 aromatic heterocycles. The summed E-state index contributed by atoms with van der Waals surface area (Å²) in [4.78, 5) is 26.2. The molecule has 144 valence electrons. The average molecular weight is 388 g/mol. The third kappa shape index (κ3) is 7.04. The molecule has 27 heavy (non-hydrogen) atoms. The van der Waals surface area contributed by atoms with E-state index in [1.807, 2.05) is 32.3 Å². The largest absolute Gasteiger partial charge is 0.354 e. The minimum atomic E-state index is -0.163. The predicted octanol–water partition coefficient (Wildman–Crippen LogP) is 3.27. The van der Waals surface area contributed by atoms with E-state index in [1.54, 1.807) is 24.3 Å². The third-order valence-corrected chi connectivity index (χ3v) is 4.52. The van der Waals surface area contributed by atoms with Crippen LogP contribution >= 0.6 is 11.6 Å². The summed E-state index contributed by atoms with van der Waals surface area (Å²) >= 11 is 5.81. The van der Waals surface area contributed by atoms with Crippen molar-refractivity contribution in [2.24, 2.45) is 0 Å². The summed E-state index contributed by atoms with van der Waals surface area (Å²) in [5.41, 5.74) is 1.72. The van der Waals surface area contributed by atoms with Crippen LogP contribution < -0.4 is 10.6 Å². The Balaban J connectivity index is 1.69. The fraction of sp³-hybridized carbons (Fsp3) is 0.333. The minimum Gasteiger partial charge on any atom is -0.354 e.